The van der Waals surface area contributed by atoms with Crippen LogP contribution in [0.4, 0.5) is 5.69 Å². The Labute approximate surface area is 182 Å². The van der Waals surface area contributed by atoms with Crippen molar-refractivity contribution in [3.63, 3.8) is 0 Å². The van der Waals surface area contributed by atoms with Crippen molar-refractivity contribution in [3.8, 4) is 17.5 Å². The minimum atomic E-state index is -0.110. The van der Waals surface area contributed by atoms with E-state index in [-0.39, 0.29) is 5.91 Å². The van der Waals surface area contributed by atoms with E-state index < -0.39 is 0 Å². The fourth-order valence-electron chi connectivity index (χ4n) is 4.04. The summed E-state index contributed by atoms with van der Waals surface area (Å²) in [4.78, 5) is 17.5. The van der Waals surface area contributed by atoms with Gasteiger partial charge in [0.25, 0.3) is 5.91 Å². The summed E-state index contributed by atoms with van der Waals surface area (Å²) in [5.74, 6) is 0.722. The Balaban J connectivity index is 1.55. The van der Waals surface area contributed by atoms with Gasteiger partial charge in [-0.1, -0.05) is 31.2 Å². The first-order valence-corrected chi connectivity index (χ1v) is 10.5. The van der Waals surface area contributed by atoms with Crippen molar-refractivity contribution in [3.05, 3.63) is 77.6 Å². The number of piperazine rings is 1. The number of rotatable bonds is 5. The SMILES string of the molecule is CCc1ccc(-n2ccc(C#N)c2C(=O)N2CCN(c3ccccc3OC)CC2)cc1. The number of hydrogen-bond acceptors (Lipinski definition) is 4. The largest absolute Gasteiger partial charge is 0.495 e. The second-order valence-corrected chi connectivity index (χ2v) is 7.53. The highest BCUT2D eigenvalue weighted by Gasteiger charge is 2.27. The van der Waals surface area contributed by atoms with E-state index in [1.165, 1.54) is 5.56 Å². The van der Waals surface area contributed by atoms with Crippen LogP contribution in [0.3, 0.4) is 0 Å². The molecule has 158 valence electrons. The highest BCUT2D eigenvalue weighted by molar-refractivity contribution is 5.96. The zero-order valence-corrected chi connectivity index (χ0v) is 17.9. The lowest BCUT2D eigenvalue weighted by Crippen LogP contribution is -2.49. The molecule has 0 N–H and O–H groups in total. The van der Waals surface area contributed by atoms with Gasteiger partial charge in [0.05, 0.1) is 18.4 Å². The highest BCUT2D eigenvalue weighted by atomic mass is 16.5. The molecule has 6 heteroatoms. The number of carbonyl (C=O) groups excluding carboxylic acids is 1. The molecule has 0 saturated carbocycles. The van der Waals surface area contributed by atoms with Crippen molar-refractivity contribution >= 4 is 11.6 Å². The maximum Gasteiger partial charge on any atom is 0.272 e. The van der Waals surface area contributed by atoms with Gasteiger partial charge in [0.15, 0.2) is 0 Å². The van der Waals surface area contributed by atoms with Gasteiger partial charge in [-0.2, -0.15) is 5.26 Å². The molecule has 0 spiro atoms. The van der Waals surface area contributed by atoms with Crippen molar-refractivity contribution in [2.24, 2.45) is 0 Å². The lowest BCUT2D eigenvalue weighted by Gasteiger charge is -2.36. The molecule has 2 heterocycles. The van der Waals surface area contributed by atoms with Crippen LogP contribution in [0.1, 0.15) is 28.5 Å². The summed E-state index contributed by atoms with van der Waals surface area (Å²) in [6, 6.07) is 19.9. The molecule has 4 rings (SSSR count). The molecular weight excluding hydrogens is 388 g/mol. The molecule has 6 nitrogen and oxygen atoms in total. The van der Waals surface area contributed by atoms with Gasteiger partial charge in [-0.3, -0.25) is 4.79 Å². The Hall–Kier alpha value is -3.72. The van der Waals surface area contributed by atoms with Gasteiger partial charge < -0.3 is 19.1 Å². The molecule has 0 atom stereocenters. The zero-order valence-electron chi connectivity index (χ0n) is 17.9. The minimum Gasteiger partial charge on any atom is -0.495 e. The van der Waals surface area contributed by atoms with Crippen LogP contribution in [0.2, 0.25) is 0 Å². The highest BCUT2D eigenvalue weighted by Crippen LogP contribution is 2.29. The predicted molar refractivity (Wildman–Crippen MR) is 121 cm³/mol. The smallest absolute Gasteiger partial charge is 0.272 e. The maximum atomic E-state index is 13.4. The number of methoxy groups -OCH3 is 1. The summed E-state index contributed by atoms with van der Waals surface area (Å²) in [7, 11) is 1.67. The van der Waals surface area contributed by atoms with E-state index in [0.29, 0.717) is 37.4 Å². The molecule has 1 amide bonds. The molecule has 1 aliphatic rings. The van der Waals surface area contributed by atoms with Crippen LogP contribution in [0, 0.1) is 11.3 Å². The van der Waals surface area contributed by atoms with Crippen LogP contribution in [-0.4, -0.2) is 48.7 Å². The van der Waals surface area contributed by atoms with Crippen molar-refractivity contribution in [2.75, 3.05) is 38.2 Å². The summed E-state index contributed by atoms with van der Waals surface area (Å²) >= 11 is 0. The lowest BCUT2D eigenvalue weighted by atomic mass is 10.1. The molecule has 0 unspecified atom stereocenters. The summed E-state index contributed by atoms with van der Waals surface area (Å²) < 4.78 is 7.31. The second-order valence-electron chi connectivity index (χ2n) is 7.53. The summed E-state index contributed by atoms with van der Waals surface area (Å²) in [6.45, 7) is 4.70. The monoisotopic (exact) mass is 414 g/mol. The second kappa shape index (κ2) is 8.97. The van der Waals surface area contributed by atoms with E-state index in [2.05, 4.69) is 30.0 Å². The minimum absolute atomic E-state index is 0.110. The lowest BCUT2D eigenvalue weighted by molar-refractivity contribution is 0.0738. The molecule has 2 aromatic carbocycles. The third-order valence-electron chi connectivity index (χ3n) is 5.82. The number of aromatic nitrogens is 1. The number of anilines is 1. The van der Waals surface area contributed by atoms with Crippen molar-refractivity contribution in [2.45, 2.75) is 13.3 Å². The average molecular weight is 415 g/mol. The molecule has 1 fully saturated rings. The number of ether oxygens (including phenoxy) is 1. The van der Waals surface area contributed by atoms with Crippen LogP contribution >= 0.6 is 0 Å². The Morgan fingerprint density at radius 3 is 2.39 bits per heavy atom. The number of benzene rings is 2. The van der Waals surface area contributed by atoms with Crippen LogP contribution in [0.15, 0.2) is 60.8 Å². The van der Waals surface area contributed by atoms with Gasteiger partial charge >= 0.3 is 0 Å². The molecule has 1 aliphatic heterocycles. The first-order chi connectivity index (χ1) is 15.2. The molecule has 1 aromatic heterocycles. The topological polar surface area (TPSA) is 61.5 Å². The number of nitriles is 1. The summed E-state index contributed by atoms with van der Waals surface area (Å²) in [5, 5.41) is 9.60. The Bertz CT molecular complexity index is 1100. The van der Waals surface area contributed by atoms with Crippen molar-refractivity contribution in [1.29, 1.82) is 5.26 Å². The first kappa shape index (κ1) is 20.5. The molecule has 0 bridgehead atoms. The van der Waals surface area contributed by atoms with Crippen molar-refractivity contribution < 1.29 is 9.53 Å². The number of amides is 1. The van der Waals surface area contributed by atoms with E-state index in [4.69, 9.17) is 4.74 Å². The van der Waals surface area contributed by atoms with Gasteiger partial charge in [0, 0.05) is 38.1 Å². The standard InChI is InChI=1S/C25H26N4O2/c1-3-19-8-10-21(11-9-19)29-13-12-20(18-26)24(29)25(30)28-16-14-27(15-17-28)22-6-4-5-7-23(22)31-2/h4-13H,3,14-17H2,1-2H3. The van der Waals surface area contributed by atoms with E-state index >= 15 is 0 Å². The van der Waals surface area contributed by atoms with Gasteiger partial charge in [-0.25, -0.2) is 0 Å². The van der Waals surface area contributed by atoms with Gasteiger partial charge in [0.2, 0.25) is 0 Å². The maximum absolute atomic E-state index is 13.4. The van der Waals surface area contributed by atoms with E-state index in [9.17, 15) is 10.1 Å². The fourth-order valence-corrected chi connectivity index (χ4v) is 4.04. The van der Waals surface area contributed by atoms with Crippen molar-refractivity contribution in [1.82, 2.24) is 9.47 Å². The molecule has 0 radical (unpaired) electrons. The molecule has 3 aromatic rings. The van der Waals surface area contributed by atoms with Crippen LogP contribution in [0.25, 0.3) is 5.69 Å². The Morgan fingerprint density at radius 1 is 1.03 bits per heavy atom. The summed E-state index contributed by atoms with van der Waals surface area (Å²) in [5.41, 5.74) is 3.98. The number of hydrogen-bond donors (Lipinski definition) is 0. The number of aryl methyl sites for hydroxylation is 1. The molecule has 0 aliphatic carbocycles. The number of nitrogens with zero attached hydrogens (tertiary/aromatic N) is 4. The normalized spacial score (nSPS) is 13.7. The van der Waals surface area contributed by atoms with E-state index in [1.807, 2.05) is 45.9 Å². The third-order valence-corrected chi connectivity index (χ3v) is 5.82. The van der Waals surface area contributed by atoms with Gasteiger partial charge in [-0.05, 0) is 42.3 Å². The first-order valence-electron chi connectivity index (χ1n) is 10.5. The predicted octanol–water partition coefficient (Wildman–Crippen LogP) is 3.88. The molecule has 31 heavy (non-hydrogen) atoms. The zero-order chi connectivity index (χ0) is 21.8. The Kier molecular flexibility index (Phi) is 5.94. The number of para-hydroxylation sites is 2. The quantitative estimate of drug-likeness (QED) is 0.636. The van der Waals surface area contributed by atoms with Gasteiger partial charge in [-0.15, -0.1) is 0 Å². The molecular formula is C25H26N4O2. The fraction of sp³-hybridized carbons (Fsp3) is 0.280. The average Bonchev–Trinajstić information content (AvgIpc) is 3.28. The van der Waals surface area contributed by atoms with Crippen LogP contribution in [-0.2, 0) is 6.42 Å². The number of carbonyl (C=O) groups is 1. The third kappa shape index (κ3) is 3.99. The van der Waals surface area contributed by atoms with Crippen LogP contribution in [0.5, 0.6) is 5.75 Å². The van der Waals surface area contributed by atoms with Crippen LogP contribution < -0.4 is 9.64 Å². The van der Waals surface area contributed by atoms with Gasteiger partial charge in [0.1, 0.15) is 17.5 Å². The summed E-state index contributed by atoms with van der Waals surface area (Å²) in [6.07, 6.45) is 2.76. The van der Waals surface area contributed by atoms with E-state index in [1.54, 1.807) is 19.4 Å². The van der Waals surface area contributed by atoms with E-state index in [0.717, 1.165) is 23.5 Å². The Morgan fingerprint density at radius 2 is 1.74 bits per heavy atom. The molecule has 1 saturated heterocycles.